The lowest BCUT2D eigenvalue weighted by molar-refractivity contribution is 0.626. The highest BCUT2D eigenvalue weighted by molar-refractivity contribution is 8.19. The summed E-state index contributed by atoms with van der Waals surface area (Å²) in [5, 5.41) is 4.68. The van der Waals surface area contributed by atoms with Crippen LogP contribution in [0.3, 0.4) is 0 Å². The number of hydrogen-bond donors (Lipinski definition) is 0. The van der Waals surface area contributed by atoms with Crippen molar-refractivity contribution in [3.05, 3.63) is 69.9 Å². The minimum absolute atomic E-state index is 0.609. The van der Waals surface area contributed by atoms with E-state index >= 15 is 0 Å². The van der Waals surface area contributed by atoms with E-state index in [0.29, 0.717) is 10.9 Å². The summed E-state index contributed by atoms with van der Waals surface area (Å²) >= 11 is 13.9. The third-order valence-electron chi connectivity index (χ3n) is 4.74. The summed E-state index contributed by atoms with van der Waals surface area (Å²) in [6.07, 6.45) is -2.51. The predicted molar refractivity (Wildman–Crippen MR) is 127 cm³/mol. The van der Waals surface area contributed by atoms with Gasteiger partial charge in [-0.05, 0) is 79.6 Å². The molecule has 1 aliphatic heterocycles. The number of thiophene rings is 1. The van der Waals surface area contributed by atoms with Gasteiger partial charge in [0.1, 0.15) is 0 Å². The molecule has 0 saturated carbocycles. The number of aliphatic imine (C=N–C) groups is 1. The fraction of sp³-hybridized carbons (Fsp3) is 0.190. The number of halogens is 1. The monoisotopic (exact) mass is 446 g/mol. The van der Waals surface area contributed by atoms with Crippen molar-refractivity contribution in [2.45, 2.75) is 13.8 Å². The number of hydrogen-bond acceptors (Lipinski definition) is 5. The van der Waals surface area contributed by atoms with Crippen LogP contribution in [0.1, 0.15) is 18.7 Å². The van der Waals surface area contributed by atoms with Crippen molar-refractivity contribution in [1.82, 2.24) is 0 Å². The fourth-order valence-corrected chi connectivity index (χ4v) is 7.24. The van der Waals surface area contributed by atoms with Gasteiger partial charge in [0.2, 0.25) is 5.90 Å². The lowest BCUT2D eigenvalue weighted by Gasteiger charge is -2.30. The maximum Gasteiger partial charge on any atom is 0.235 e. The second kappa shape index (κ2) is 8.00. The predicted octanol–water partition coefficient (Wildman–Crippen LogP) is 5.70. The second-order valence-electron chi connectivity index (χ2n) is 6.36. The van der Waals surface area contributed by atoms with Crippen molar-refractivity contribution in [2.75, 3.05) is 18.0 Å². The van der Waals surface area contributed by atoms with Gasteiger partial charge in [0.25, 0.3) is 0 Å². The zero-order valence-electron chi connectivity index (χ0n) is 15.6. The van der Waals surface area contributed by atoms with E-state index in [4.69, 9.17) is 32.9 Å². The largest absolute Gasteiger partial charge is 0.439 e. The van der Waals surface area contributed by atoms with Crippen molar-refractivity contribution < 1.29 is 4.52 Å². The average molecular weight is 447 g/mol. The van der Waals surface area contributed by atoms with Gasteiger partial charge in [0.15, 0.2) is 6.26 Å². The third-order valence-corrected chi connectivity index (χ3v) is 9.72. The summed E-state index contributed by atoms with van der Waals surface area (Å²) in [4.78, 5) is 8.15. The van der Waals surface area contributed by atoms with Gasteiger partial charge < -0.3 is 9.42 Å². The van der Waals surface area contributed by atoms with Crippen LogP contribution in [-0.4, -0.2) is 19.0 Å². The van der Waals surface area contributed by atoms with Crippen molar-refractivity contribution in [3.63, 3.8) is 0 Å². The molecule has 7 heteroatoms. The van der Waals surface area contributed by atoms with Gasteiger partial charge in [-0.15, -0.1) is 11.3 Å². The first kappa shape index (κ1) is 19.7. The molecular weight excluding hydrogens is 427 g/mol. The maximum absolute atomic E-state index is 6.45. The summed E-state index contributed by atoms with van der Waals surface area (Å²) in [7, 11) is 0. The number of benzene rings is 2. The molecule has 1 aliphatic rings. The highest BCUT2D eigenvalue weighted by Gasteiger charge is 2.34. The normalized spacial score (nSPS) is 18.2. The smallest absolute Gasteiger partial charge is 0.235 e. The van der Waals surface area contributed by atoms with Crippen molar-refractivity contribution in [3.8, 4) is 0 Å². The Hall–Kier alpha value is -1.65. The first-order valence-corrected chi connectivity index (χ1v) is 13.1. The SMILES string of the molecule is CCN(CC)c1ccc2c(c1)N=C(c1cccs1)OP2(=S)c1ccc(Cl)cc1. The van der Waals surface area contributed by atoms with Crippen molar-refractivity contribution in [2.24, 2.45) is 4.99 Å². The zero-order chi connectivity index (χ0) is 19.7. The molecule has 1 unspecified atom stereocenters. The molecule has 3 aromatic rings. The molecule has 0 spiro atoms. The Kier molecular flexibility index (Phi) is 5.62. The Bertz CT molecular complexity index is 1060. The molecule has 144 valence electrons. The van der Waals surface area contributed by atoms with E-state index in [1.54, 1.807) is 11.3 Å². The molecule has 0 fully saturated rings. The fourth-order valence-electron chi connectivity index (χ4n) is 3.27. The lowest BCUT2D eigenvalue weighted by atomic mass is 10.2. The molecule has 3 nitrogen and oxygen atoms in total. The van der Waals surface area contributed by atoms with Crippen LogP contribution in [0.4, 0.5) is 11.4 Å². The van der Waals surface area contributed by atoms with Crippen molar-refractivity contribution in [1.29, 1.82) is 0 Å². The third kappa shape index (κ3) is 3.53. The van der Waals surface area contributed by atoms with Gasteiger partial charge in [-0.2, -0.15) is 0 Å². The molecule has 2 aromatic carbocycles. The van der Waals surface area contributed by atoms with E-state index in [1.807, 2.05) is 41.8 Å². The molecule has 0 radical (unpaired) electrons. The quantitative estimate of drug-likeness (QED) is 0.470. The zero-order valence-corrected chi connectivity index (χ0v) is 18.9. The van der Waals surface area contributed by atoms with Gasteiger partial charge >= 0.3 is 0 Å². The molecule has 4 rings (SSSR count). The first-order valence-electron chi connectivity index (χ1n) is 9.13. The van der Waals surface area contributed by atoms with E-state index in [0.717, 1.165) is 40.0 Å². The Morgan fingerprint density at radius 2 is 1.86 bits per heavy atom. The van der Waals surface area contributed by atoms with E-state index in [2.05, 4.69) is 36.9 Å². The molecule has 0 N–H and O–H groups in total. The van der Waals surface area contributed by atoms with E-state index in [1.165, 1.54) is 0 Å². The molecule has 0 aliphatic carbocycles. The van der Waals surface area contributed by atoms with Crippen LogP contribution < -0.4 is 15.5 Å². The Balaban J connectivity index is 1.90. The molecule has 28 heavy (non-hydrogen) atoms. The minimum Gasteiger partial charge on any atom is -0.439 e. The number of fused-ring (bicyclic) bond motifs is 1. The molecule has 2 heterocycles. The van der Waals surface area contributed by atoms with Gasteiger partial charge in [-0.3, -0.25) is 0 Å². The summed E-state index contributed by atoms with van der Waals surface area (Å²) in [5.74, 6) is 0.609. The Morgan fingerprint density at radius 3 is 2.50 bits per heavy atom. The van der Waals surface area contributed by atoms with Crippen LogP contribution >= 0.6 is 29.2 Å². The number of rotatable bonds is 5. The Morgan fingerprint density at radius 1 is 1.11 bits per heavy atom. The van der Waals surface area contributed by atoms with Crippen molar-refractivity contribution >= 4 is 68.9 Å². The van der Waals surface area contributed by atoms with Crippen LogP contribution in [0.5, 0.6) is 0 Å². The average Bonchev–Trinajstić information content (AvgIpc) is 3.24. The van der Waals surface area contributed by atoms with E-state index in [9.17, 15) is 0 Å². The molecule has 1 aromatic heterocycles. The number of nitrogens with zero attached hydrogens (tertiary/aromatic N) is 2. The maximum atomic E-state index is 6.45. The number of anilines is 1. The van der Waals surface area contributed by atoms with Gasteiger partial charge in [0.05, 0.1) is 15.9 Å². The van der Waals surface area contributed by atoms with Gasteiger partial charge in [0, 0.05) is 29.1 Å². The molecule has 0 saturated heterocycles. The molecule has 1 atom stereocenters. The summed E-state index contributed by atoms with van der Waals surface area (Å²) in [6.45, 7) is 6.20. The van der Waals surface area contributed by atoms with Gasteiger partial charge in [-0.1, -0.05) is 17.7 Å². The van der Waals surface area contributed by atoms with Crippen LogP contribution in [0.2, 0.25) is 5.02 Å². The molecule has 0 amide bonds. The molecular formula is C21H20ClN2OPS2. The topological polar surface area (TPSA) is 24.8 Å². The molecule has 0 bridgehead atoms. The second-order valence-corrected chi connectivity index (χ2v) is 11.6. The van der Waals surface area contributed by atoms with E-state index in [-0.39, 0.29) is 0 Å². The summed E-state index contributed by atoms with van der Waals surface area (Å²) in [5.41, 5.74) is 2.05. The van der Waals surface area contributed by atoms with Crippen LogP contribution in [-0.2, 0) is 16.3 Å². The van der Waals surface area contributed by atoms with Crippen LogP contribution in [0, 0.1) is 0 Å². The summed E-state index contributed by atoms with van der Waals surface area (Å²) < 4.78 is 6.45. The lowest BCUT2D eigenvalue weighted by Crippen LogP contribution is -2.26. The van der Waals surface area contributed by atoms with Crippen LogP contribution in [0.25, 0.3) is 0 Å². The minimum atomic E-state index is -2.51. The highest BCUT2D eigenvalue weighted by Crippen LogP contribution is 2.52. The van der Waals surface area contributed by atoms with Crippen LogP contribution in [0.15, 0.2) is 65.0 Å². The first-order chi connectivity index (χ1) is 13.5. The van der Waals surface area contributed by atoms with E-state index < -0.39 is 6.26 Å². The summed E-state index contributed by atoms with van der Waals surface area (Å²) in [6, 6.07) is 18.1. The Labute approximate surface area is 179 Å². The standard InChI is InChI=1S/C21H20ClN2OPS2/c1-3-24(4-2)16-9-12-19-18(14-16)23-21(20-6-5-13-28-20)25-26(19,27)17-10-7-15(22)8-11-17/h5-14H,3-4H2,1-2H3. The van der Waals surface area contributed by atoms with Gasteiger partial charge in [-0.25, -0.2) is 4.99 Å². The highest BCUT2D eigenvalue weighted by atomic mass is 35.5.